The molecule has 0 unspecified atom stereocenters. The lowest BCUT2D eigenvalue weighted by Crippen LogP contribution is -2.30. The van der Waals surface area contributed by atoms with E-state index in [1.165, 1.54) is 180 Å². The van der Waals surface area contributed by atoms with Crippen LogP contribution in [0.1, 0.15) is 290 Å². The van der Waals surface area contributed by atoms with Gasteiger partial charge in [0.05, 0.1) is 0 Å². The van der Waals surface area contributed by atoms with E-state index in [2.05, 4.69) is 69.4 Å². The van der Waals surface area contributed by atoms with Crippen molar-refractivity contribution in [3.63, 3.8) is 0 Å². The summed E-state index contributed by atoms with van der Waals surface area (Å²) in [6, 6.07) is 0. The number of carbonyl (C=O) groups excluding carboxylic acids is 3. The molecule has 0 aliphatic carbocycles. The highest BCUT2D eigenvalue weighted by molar-refractivity contribution is 5.71. The Morgan fingerprint density at radius 3 is 0.923 bits per heavy atom. The summed E-state index contributed by atoms with van der Waals surface area (Å²) >= 11 is 0. The first kappa shape index (κ1) is 62.4. The number of allylic oxidation sites excluding steroid dienone is 8. The summed E-state index contributed by atoms with van der Waals surface area (Å²) < 4.78 is 16.8. The molecule has 0 bridgehead atoms. The highest BCUT2D eigenvalue weighted by Gasteiger charge is 2.19. The SMILES string of the molecule is CCCCC/C=C\C/C=C\C/C=C\C/C=C\CCCC(=O)OC[C@H](COC(=O)CCCCCCCCCCCCCCC)OC(=O)CCCCCCCCCCCCCCCCCCC. The number of hydrogen-bond acceptors (Lipinski definition) is 6. The molecule has 0 saturated heterocycles. The van der Waals surface area contributed by atoms with E-state index >= 15 is 0 Å². The number of esters is 3. The summed E-state index contributed by atoms with van der Waals surface area (Å²) in [6.07, 6.45) is 65.3. The van der Waals surface area contributed by atoms with Crippen LogP contribution in [0, 0.1) is 0 Å². The van der Waals surface area contributed by atoms with E-state index in [0.717, 1.165) is 64.2 Å². The van der Waals surface area contributed by atoms with Crippen LogP contribution in [0.4, 0.5) is 0 Å². The maximum absolute atomic E-state index is 12.8. The van der Waals surface area contributed by atoms with E-state index < -0.39 is 6.10 Å². The summed E-state index contributed by atoms with van der Waals surface area (Å²) in [5.74, 6) is -0.930. The Kier molecular flexibility index (Phi) is 51.8. The summed E-state index contributed by atoms with van der Waals surface area (Å²) in [7, 11) is 0. The van der Waals surface area contributed by atoms with Gasteiger partial charge in [-0.25, -0.2) is 0 Å². The molecular weight excluding hydrogens is 805 g/mol. The minimum atomic E-state index is -0.790. The second kappa shape index (κ2) is 54.0. The highest BCUT2D eigenvalue weighted by Crippen LogP contribution is 2.16. The fourth-order valence-corrected chi connectivity index (χ4v) is 8.08. The predicted octanol–water partition coefficient (Wildman–Crippen LogP) is 18.7. The van der Waals surface area contributed by atoms with Gasteiger partial charge in [-0.15, -0.1) is 0 Å². The summed E-state index contributed by atoms with van der Waals surface area (Å²) in [6.45, 7) is 6.60. The van der Waals surface area contributed by atoms with E-state index in [-0.39, 0.29) is 37.5 Å². The van der Waals surface area contributed by atoms with Gasteiger partial charge in [-0.2, -0.15) is 0 Å². The average molecular weight is 911 g/mol. The van der Waals surface area contributed by atoms with Crippen LogP contribution in [0.2, 0.25) is 0 Å². The number of ether oxygens (including phenoxy) is 3. The van der Waals surface area contributed by atoms with E-state index in [0.29, 0.717) is 19.3 Å². The molecule has 0 spiro atoms. The van der Waals surface area contributed by atoms with Crippen LogP contribution in [-0.4, -0.2) is 37.2 Å². The summed E-state index contributed by atoms with van der Waals surface area (Å²) in [5, 5.41) is 0. The van der Waals surface area contributed by atoms with Gasteiger partial charge in [0.2, 0.25) is 0 Å². The van der Waals surface area contributed by atoms with Crippen molar-refractivity contribution in [3.8, 4) is 0 Å². The molecule has 6 nitrogen and oxygen atoms in total. The van der Waals surface area contributed by atoms with E-state index in [4.69, 9.17) is 14.2 Å². The lowest BCUT2D eigenvalue weighted by Gasteiger charge is -2.18. The number of rotatable bonds is 51. The van der Waals surface area contributed by atoms with Gasteiger partial charge in [0.15, 0.2) is 6.10 Å². The predicted molar refractivity (Wildman–Crippen MR) is 279 cm³/mol. The highest BCUT2D eigenvalue weighted by atomic mass is 16.6. The minimum Gasteiger partial charge on any atom is -0.462 e. The van der Waals surface area contributed by atoms with Crippen LogP contribution >= 0.6 is 0 Å². The fourth-order valence-electron chi connectivity index (χ4n) is 8.08. The van der Waals surface area contributed by atoms with Gasteiger partial charge in [0, 0.05) is 19.3 Å². The molecule has 0 heterocycles. The lowest BCUT2D eigenvalue weighted by atomic mass is 10.0. The first-order chi connectivity index (χ1) is 32.0. The molecule has 0 aromatic carbocycles. The lowest BCUT2D eigenvalue weighted by molar-refractivity contribution is -0.167. The van der Waals surface area contributed by atoms with Crippen molar-refractivity contribution < 1.29 is 28.6 Å². The second-order valence-corrected chi connectivity index (χ2v) is 18.9. The topological polar surface area (TPSA) is 78.9 Å². The van der Waals surface area contributed by atoms with Gasteiger partial charge in [-0.3, -0.25) is 14.4 Å². The molecule has 0 aromatic rings. The van der Waals surface area contributed by atoms with Gasteiger partial charge >= 0.3 is 17.9 Å². The third kappa shape index (κ3) is 52.2. The van der Waals surface area contributed by atoms with Crippen molar-refractivity contribution in [3.05, 3.63) is 48.6 Å². The van der Waals surface area contributed by atoms with Crippen LogP contribution in [-0.2, 0) is 28.6 Å². The molecule has 0 saturated carbocycles. The van der Waals surface area contributed by atoms with E-state index in [1.54, 1.807) is 0 Å². The van der Waals surface area contributed by atoms with Gasteiger partial charge < -0.3 is 14.2 Å². The third-order valence-corrected chi connectivity index (χ3v) is 12.3. The average Bonchev–Trinajstić information content (AvgIpc) is 3.30. The molecule has 65 heavy (non-hydrogen) atoms. The van der Waals surface area contributed by atoms with Crippen LogP contribution in [0.15, 0.2) is 48.6 Å². The van der Waals surface area contributed by atoms with Crippen molar-refractivity contribution in [2.75, 3.05) is 13.2 Å². The van der Waals surface area contributed by atoms with Gasteiger partial charge in [0.25, 0.3) is 0 Å². The molecular formula is C59H106O6. The normalized spacial score (nSPS) is 12.4. The zero-order chi connectivity index (χ0) is 47.2. The molecule has 0 rings (SSSR count). The zero-order valence-corrected chi connectivity index (χ0v) is 43.3. The molecule has 0 aromatic heterocycles. The summed E-state index contributed by atoms with van der Waals surface area (Å²) in [4.78, 5) is 38.1. The maximum atomic E-state index is 12.8. The van der Waals surface area contributed by atoms with Crippen molar-refractivity contribution >= 4 is 17.9 Å². The smallest absolute Gasteiger partial charge is 0.306 e. The molecule has 1 atom stereocenters. The Morgan fingerprint density at radius 1 is 0.308 bits per heavy atom. The molecule has 378 valence electrons. The van der Waals surface area contributed by atoms with Gasteiger partial charge in [-0.1, -0.05) is 262 Å². The Hall–Kier alpha value is -2.63. The molecule has 0 aliphatic rings. The molecule has 0 N–H and O–H groups in total. The number of unbranched alkanes of at least 4 members (excludes halogenated alkanes) is 32. The molecule has 6 heteroatoms. The third-order valence-electron chi connectivity index (χ3n) is 12.3. The fraction of sp³-hybridized carbons (Fsp3) is 0.814. The zero-order valence-electron chi connectivity index (χ0n) is 43.3. The Balaban J connectivity index is 4.42. The molecule has 0 aliphatic heterocycles. The molecule has 0 amide bonds. The quantitative estimate of drug-likeness (QED) is 0.0262. The Bertz CT molecular complexity index is 1140. The van der Waals surface area contributed by atoms with Crippen molar-refractivity contribution in [1.29, 1.82) is 0 Å². The largest absolute Gasteiger partial charge is 0.462 e. The maximum Gasteiger partial charge on any atom is 0.306 e. The second-order valence-electron chi connectivity index (χ2n) is 18.9. The van der Waals surface area contributed by atoms with Crippen LogP contribution in [0.25, 0.3) is 0 Å². The summed E-state index contributed by atoms with van der Waals surface area (Å²) in [5.41, 5.74) is 0. The first-order valence-electron chi connectivity index (χ1n) is 28.1. The van der Waals surface area contributed by atoms with Crippen molar-refractivity contribution in [1.82, 2.24) is 0 Å². The Labute approximate surface area is 403 Å². The number of hydrogen-bond donors (Lipinski definition) is 0. The van der Waals surface area contributed by atoms with E-state index in [9.17, 15) is 14.4 Å². The van der Waals surface area contributed by atoms with Crippen LogP contribution in [0.3, 0.4) is 0 Å². The minimum absolute atomic E-state index is 0.0857. The van der Waals surface area contributed by atoms with E-state index in [1.807, 2.05) is 0 Å². The molecule has 0 fully saturated rings. The monoisotopic (exact) mass is 911 g/mol. The molecule has 0 radical (unpaired) electrons. The first-order valence-corrected chi connectivity index (χ1v) is 28.1. The van der Waals surface area contributed by atoms with Gasteiger partial charge in [0.1, 0.15) is 13.2 Å². The Morgan fingerprint density at radius 2 is 0.569 bits per heavy atom. The van der Waals surface area contributed by atoms with Crippen LogP contribution in [0.5, 0.6) is 0 Å². The van der Waals surface area contributed by atoms with Crippen molar-refractivity contribution in [2.45, 2.75) is 297 Å². The van der Waals surface area contributed by atoms with Crippen LogP contribution < -0.4 is 0 Å². The standard InChI is InChI=1S/C59H106O6/c1-4-7-10-13-16-19-22-25-27-29-31-34-37-40-43-46-49-52-58(61)64-55-56(54-63-57(60)51-48-45-42-39-36-33-24-21-18-15-12-9-6-3)65-59(62)53-50-47-44-41-38-35-32-30-28-26-23-20-17-14-11-8-5-2/h16,19,25,27,31,34,40,43,56H,4-15,17-18,20-24,26,28-30,32-33,35-39,41-42,44-55H2,1-3H3/b19-16-,27-25-,34-31-,43-40-/t56-/m0/s1. The van der Waals surface area contributed by atoms with Gasteiger partial charge in [-0.05, 0) is 57.8 Å². The van der Waals surface area contributed by atoms with Crippen molar-refractivity contribution in [2.24, 2.45) is 0 Å². The number of carbonyl (C=O) groups is 3.